The van der Waals surface area contributed by atoms with Crippen molar-refractivity contribution in [2.75, 3.05) is 13.2 Å². The van der Waals surface area contributed by atoms with Crippen molar-refractivity contribution in [3.05, 3.63) is 36.5 Å². The Bertz CT molecular complexity index is 1020. The Balaban J connectivity index is 2.30. The van der Waals surface area contributed by atoms with E-state index in [1.807, 2.05) is 0 Å². The van der Waals surface area contributed by atoms with Crippen LogP contribution in [0.15, 0.2) is 36.5 Å². The number of carbonyl (C=O) groups is 1. The van der Waals surface area contributed by atoms with Crippen LogP contribution in [0.4, 0.5) is 0 Å². The molecule has 59 heavy (non-hydrogen) atoms. The van der Waals surface area contributed by atoms with Crippen molar-refractivity contribution >= 4 is 5.91 Å². The van der Waals surface area contributed by atoms with Crippen molar-refractivity contribution < 1.29 is 39.8 Å². The van der Waals surface area contributed by atoms with Crippen molar-refractivity contribution in [2.45, 2.75) is 262 Å². The number of hydrogen-bond acceptors (Lipinski definition) is 8. The number of hydrogen-bond donors (Lipinski definition) is 6. The number of allylic oxidation sites excluding steroid dienone is 6. The number of carbonyl (C=O) groups excluding carboxylic acids is 1. The zero-order valence-corrected chi connectivity index (χ0v) is 38.0. The van der Waals surface area contributed by atoms with Crippen LogP contribution in [-0.4, -0.2) is 87.5 Å². The van der Waals surface area contributed by atoms with Crippen LogP contribution in [0.3, 0.4) is 0 Å². The molecule has 1 amide bonds. The second-order valence-corrected chi connectivity index (χ2v) is 17.2. The molecule has 346 valence electrons. The molecular weight excluding hydrogens is 743 g/mol. The molecule has 7 atom stereocenters. The normalized spacial score (nSPS) is 21.0. The average Bonchev–Trinajstić information content (AvgIpc) is 3.23. The Hall–Kier alpha value is -1.59. The smallest absolute Gasteiger partial charge is 0.220 e. The molecule has 1 heterocycles. The van der Waals surface area contributed by atoms with Crippen LogP contribution in [0.5, 0.6) is 0 Å². The molecule has 0 spiro atoms. The molecule has 1 fully saturated rings. The number of aliphatic hydroxyl groups is 5. The monoisotopic (exact) mass is 836 g/mol. The molecule has 0 aromatic rings. The first kappa shape index (κ1) is 55.4. The minimum atomic E-state index is -1.55. The molecule has 1 aliphatic rings. The molecule has 9 nitrogen and oxygen atoms in total. The summed E-state index contributed by atoms with van der Waals surface area (Å²) in [6.45, 7) is 3.73. The Kier molecular flexibility index (Phi) is 38.0. The summed E-state index contributed by atoms with van der Waals surface area (Å²) in [4.78, 5) is 13.0. The first-order valence-electron chi connectivity index (χ1n) is 24.7. The summed E-state index contributed by atoms with van der Waals surface area (Å²) < 4.78 is 11.3. The first-order chi connectivity index (χ1) is 28.8. The molecular formula is C50H93NO8. The van der Waals surface area contributed by atoms with Crippen LogP contribution in [-0.2, 0) is 14.3 Å². The van der Waals surface area contributed by atoms with E-state index in [-0.39, 0.29) is 12.5 Å². The lowest BCUT2D eigenvalue weighted by atomic mass is 9.99. The third-order valence-electron chi connectivity index (χ3n) is 11.8. The Labute approximate surface area is 361 Å². The summed E-state index contributed by atoms with van der Waals surface area (Å²) in [5, 5.41) is 54.5. The molecule has 0 radical (unpaired) electrons. The van der Waals surface area contributed by atoms with Gasteiger partial charge in [-0.2, -0.15) is 0 Å². The van der Waals surface area contributed by atoms with Gasteiger partial charge in [0.05, 0.1) is 25.4 Å². The van der Waals surface area contributed by atoms with E-state index >= 15 is 0 Å². The van der Waals surface area contributed by atoms with E-state index in [9.17, 15) is 30.3 Å². The number of ether oxygens (including phenoxy) is 2. The molecule has 0 aromatic heterocycles. The van der Waals surface area contributed by atoms with Crippen molar-refractivity contribution in [1.82, 2.24) is 5.32 Å². The highest BCUT2D eigenvalue weighted by Crippen LogP contribution is 2.23. The third-order valence-corrected chi connectivity index (χ3v) is 11.8. The second-order valence-electron chi connectivity index (χ2n) is 17.2. The number of unbranched alkanes of at least 4 members (excludes halogenated alkanes) is 25. The highest BCUT2D eigenvalue weighted by molar-refractivity contribution is 5.76. The van der Waals surface area contributed by atoms with Crippen LogP contribution in [0.2, 0.25) is 0 Å². The Morgan fingerprint density at radius 2 is 1.05 bits per heavy atom. The summed E-state index contributed by atoms with van der Waals surface area (Å²) in [6, 6.07) is -0.724. The third kappa shape index (κ3) is 31.0. The van der Waals surface area contributed by atoms with Gasteiger partial charge < -0.3 is 40.3 Å². The zero-order chi connectivity index (χ0) is 43.0. The number of nitrogens with one attached hydrogen (secondary N) is 1. The van der Waals surface area contributed by atoms with Gasteiger partial charge in [0.25, 0.3) is 0 Å². The van der Waals surface area contributed by atoms with E-state index in [4.69, 9.17) is 9.47 Å². The Morgan fingerprint density at radius 1 is 0.593 bits per heavy atom. The van der Waals surface area contributed by atoms with Gasteiger partial charge in [-0.05, 0) is 44.9 Å². The van der Waals surface area contributed by atoms with Crippen LogP contribution in [0.25, 0.3) is 0 Å². The standard InChI is InChI=1S/C50H93NO8/c1-3-5-7-9-11-13-15-17-19-21-22-24-25-27-29-31-33-35-37-39-44(53)43(42-58-50-49(57)48(56)47(55)45(41-52)59-50)51-46(54)40-38-36-34-32-30-28-26-23-20-18-16-14-12-10-8-6-4-2/h6,8,12,14,18,20,43-45,47-50,52-53,55-57H,3-5,7,9-11,13,15-17,19,21-42H2,1-2H3,(H,51,54)/b8-6-,14-12-,20-18-. The molecule has 1 rings (SSSR count). The largest absolute Gasteiger partial charge is 0.394 e. The molecule has 0 saturated carbocycles. The van der Waals surface area contributed by atoms with Gasteiger partial charge >= 0.3 is 0 Å². The van der Waals surface area contributed by atoms with Crippen molar-refractivity contribution in [3.8, 4) is 0 Å². The lowest BCUT2D eigenvalue weighted by molar-refractivity contribution is -0.302. The molecule has 9 heteroatoms. The van der Waals surface area contributed by atoms with Gasteiger partial charge in [0.1, 0.15) is 24.4 Å². The van der Waals surface area contributed by atoms with Crippen LogP contribution in [0.1, 0.15) is 219 Å². The van der Waals surface area contributed by atoms with Crippen LogP contribution < -0.4 is 5.32 Å². The van der Waals surface area contributed by atoms with E-state index in [0.29, 0.717) is 12.8 Å². The lowest BCUT2D eigenvalue weighted by Gasteiger charge is -2.40. The Morgan fingerprint density at radius 3 is 1.56 bits per heavy atom. The molecule has 1 saturated heterocycles. The summed E-state index contributed by atoms with van der Waals surface area (Å²) in [5.74, 6) is -0.154. The fraction of sp³-hybridized carbons (Fsp3) is 0.860. The minimum absolute atomic E-state index is 0.142. The van der Waals surface area contributed by atoms with E-state index in [2.05, 4.69) is 55.6 Å². The predicted molar refractivity (Wildman–Crippen MR) is 244 cm³/mol. The zero-order valence-electron chi connectivity index (χ0n) is 38.0. The lowest BCUT2D eigenvalue weighted by Crippen LogP contribution is -2.60. The van der Waals surface area contributed by atoms with E-state index in [1.54, 1.807) is 0 Å². The van der Waals surface area contributed by atoms with E-state index < -0.39 is 49.5 Å². The van der Waals surface area contributed by atoms with Gasteiger partial charge in [0.15, 0.2) is 6.29 Å². The molecule has 1 aliphatic heterocycles. The van der Waals surface area contributed by atoms with E-state index in [1.165, 1.54) is 122 Å². The number of aliphatic hydroxyl groups excluding tert-OH is 5. The van der Waals surface area contributed by atoms with Gasteiger partial charge in [0.2, 0.25) is 5.91 Å². The SMILES string of the molecule is CC/C=C\C/C=C\C/C=C\CCCCCCCCCC(=O)NC(COC1OC(CO)C(O)C(O)C1O)C(O)CCCCCCCCCCCCCCCCCCCCC. The van der Waals surface area contributed by atoms with Gasteiger partial charge in [-0.3, -0.25) is 4.79 Å². The quantitative estimate of drug-likeness (QED) is 0.0263. The number of rotatable bonds is 41. The maximum absolute atomic E-state index is 13.0. The highest BCUT2D eigenvalue weighted by atomic mass is 16.7. The summed E-state index contributed by atoms with van der Waals surface area (Å²) in [7, 11) is 0. The predicted octanol–water partition coefficient (Wildman–Crippen LogP) is 10.8. The van der Waals surface area contributed by atoms with Crippen molar-refractivity contribution in [1.29, 1.82) is 0 Å². The van der Waals surface area contributed by atoms with Gasteiger partial charge in [-0.1, -0.05) is 204 Å². The first-order valence-corrected chi connectivity index (χ1v) is 24.7. The summed E-state index contributed by atoms with van der Waals surface area (Å²) >= 11 is 0. The fourth-order valence-corrected chi connectivity index (χ4v) is 7.82. The fourth-order valence-electron chi connectivity index (χ4n) is 7.82. The summed E-state index contributed by atoms with van der Waals surface area (Å²) in [6.07, 6.45) is 42.9. The minimum Gasteiger partial charge on any atom is -0.394 e. The topological polar surface area (TPSA) is 149 Å². The highest BCUT2D eigenvalue weighted by Gasteiger charge is 2.44. The second kappa shape index (κ2) is 40.5. The van der Waals surface area contributed by atoms with E-state index in [0.717, 1.165) is 70.6 Å². The van der Waals surface area contributed by atoms with Crippen molar-refractivity contribution in [3.63, 3.8) is 0 Å². The van der Waals surface area contributed by atoms with Crippen molar-refractivity contribution in [2.24, 2.45) is 0 Å². The van der Waals surface area contributed by atoms with Crippen LogP contribution >= 0.6 is 0 Å². The van der Waals surface area contributed by atoms with Gasteiger partial charge in [-0.15, -0.1) is 0 Å². The van der Waals surface area contributed by atoms with Gasteiger partial charge in [-0.25, -0.2) is 0 Å². The van der Waals surface area contributed by atoms with Gasteiger partial charge in [0, 0.05) is 6.42 Å². The molecule has 0 aliphatic carbocycles. The molecule has 0 aromatic carbocycles. The molecule has 7 unspecified atom stereocenters. The summed E-state index contributed by atoms with van der Waals surface area (Å²) in [5.41, 5.74) is 0. The molecule has 0 bridgehead atoms. The maximum Gasteiger partial charge on any atom is 0.220 e. The van der Waals surface area contributed by atoms with Crippen LogP contribution in [0, 0.1) is 0 Å². The number of amides is 1. The average molecular weight is 836 g/mol. The maximum atomic E-state index is 13.0. The molecule has 6 N–H and O–H groups in total.